The monoisotopic (exact) mass is 422 g/mol. The smallest absolute Gasteiger partial charge is 0.222 e. The van der Waals surface area contributed by atoms with Crippen LogP contribution in [0.25, 0.3) is 0 Å². The third-order valence-electron chi connectivity index (χ3n) is 5.50. The predicted octanol–water partition coefficient (Wildman–Crippen LogP) is 2.03. The molecule has 2 N–H and O–H groups in total. The molecule has 0 aliphatic carbocycles. The molecule has 162 valence electrons. The molecule has 1 heterocycles. The molecule has 2 atom stereocenters. The number of aryl methyl sites for hydroxylation is 2. The molecule has 29 heavy (non-hydrogen) atoms. The Morgan fingerprint density at radius 2 is 2.00 bits per heavy atom. The minimum absolute atomic E-state index is 0.00217. The Bertz CT molecular complexity index is 851. The van der Waals surface area contributed by atoms with Crippen LogP contribution < -0.4 is 10.6 Å². The van der Waals surface area contributed by atoms with Gasteiger partial charge in [0, 0.05) is 38.6 Å². The van der Waals surface area contributed by atoms with Crippen LogP contribution in [0.15, 0.2) is 28.1 Å². The summed E-state index contributed by atoms with van der Waals surface area (Å²) in [5.41, 5.74) is 2.04. The zero-order chi connectivity index (χ0) is 21.6. The van der Waals surface area contributed by atoms with Crippen LogP contribution in [0.1, 0.15) is 44.2 Å². The molecule has 0 radical (unpaired) electrons. The van der Waals surface area contributed by atoms with Gasteiger partial charge in [-0.15, -0.1) is 0 Å². The Morgan fingerprint density at radius 1 is 1.28 bits per heavy atom. The van der Waals surface area contributed by atoms with Crippen molar-refractivity contribution < 1.29 is 13.2 Å². The highest BCUT2D eigenvalue weighted by atomic mass is 32.2. The van der Waals surface area contributed by atoms with Crippen molar-refractivity contribution in [2.24, 2.45) is 4.99 Å². The van der Waals surface area contributed by atoms with Crippen molar-refractivity contribution in [2.75, 3.05) is 25.9 Å². The number of aliphatic imine (C=N–C) groups is 1. The normalized spacial score (nSPS) is 18.6. The third-order valence-corrected chi connectivity index (χ3v) is 7.31. The summed E-state index contributed by atoms with van der Waals surface area (Å²) < 4.78 is 25.8. The highest BCUT2D eigenvalue weighted by Crippen LogP contribution is 2.17. The van der Waals surface area contributed by atoms with Gasteiger partial charge in [0.2, 0.25) is 5.91 Å². The standard InChI is InChI=1S/C21H34N4O3S/c1-6-17(14-29(27,28)19-9-8-15(3)16(4)12-19)23-21(22-5)24-18-10-11-25(13-18)20(26)7-2/h8-9,12,17-18H,6-7,10-11,13-14H2,1-5H3,(H2,22,23,24). The van der Waals surface area contributed by atoms with Crippen LogP contribution in [0.3, 0.4) is 0 Å². The van der Waals surface area contributed by atoms with Crippen molar-refractivity contribution >= 4 is 21.7 Å². The first-order valence-corrected chi connectivity index (χ1v) is 11.9. The molecule has 2 unspecified atom stereocenters. The molecule has 2 rings (SSSR count). The summed E-state index contributed by atoms with van der Waals surface area (Å²) in [7, 11) is -1.74. The lowest BCUT2D eigenvalue weighted by molar-refractivity contribution is -0.129. The number of sulfone groups is 1. The Labute approximate surface area is 174 Å². The number of carbonyl (C=O) groups is 1. The topological polar surface area (TPSA) is 90.9 Å². The van der Waals surface area contributed by atoms with E-state index in [4.69, 9.17) is 0 Å². The van der Waals surface area contributed by atoms with Gasteiger partial charge in [0.05, 0.1) is 10.6 Å². The third kappa shape index (κ3) is 6.19. The maximum Gasteiger partial charge on any atom is 0.222 e. The zero-order valence-electron chi connectivity index (χ0n) is 18.2. The van der Waals surface area contributed by atoms with Crippen LogP contribution in [-0.4, -0.2) is 63.2 Å². The molecule has 0 bridgehead atoms. The van der Waals surface area contributed by atoms with Crippen LogP contribution in [0.5, 0.6) is 0 Å². The molecule has 0 spiro atoms. The summed E-state index contributed by atoms with van der Waals surface area (Å²) >= 11 is 0. The van der Waals surface area contributed by atoms with E-state index in [-0.39, 0.29) is 23.7 Å². The van der Waals surface area contributed by atoms with Gasteiger partial charge in [-0.25, -0.2) is 8.42 Å². The van der Waals surface area contributed by atoms with E-state index < -0.39 is 9.84 Å². The van der Waals surface area contributed by atoms with E-state index >= 15 is 0 Å². The van der Waals surface area contributed by atoms with Crippen LogP contribution in [-0.2, 0) is 14.6 Å². The first-order valence-electron chi connectivity index (χ1n) is 10.3. The maximum absolute atomic E-state index is 12.9. The molecule has 1 fully saturated rings. The van der Waals surface area contributed by atoms with Crippen molar-refractivity contribution in [3.63, 3.8) is 0 Å². The molecule has 1 amide bonds. The fraction of sp³-hybridized carbons (Fsp3) is 0.619. The molecule has 1 aromatic rings. The molecule has 1 saturated heterocycles. The van der Waals surface area contributed by atoms with Gasteiger partial charge in [-0.05, 0) is 49.9 Å². The molecule has 0 aromatic heterocycles. The van der Waals surface area contributed by atoms with Gasteiger partial charge in [0.15, 0.2) is 15.8 Å². The Hall–Kier alpha value is -2.09. The second-order valence-corrected chi connectivity index (χ2v) is 9.71. The number of guanidine groups is 1. The fourth-order valence-corrected chi connectivity index (χ4v) is 5.09. The molecule has 8 heteroatoms. The lowest BCUT2D eigenvalue weighted by Crippen LogP contribution is -2.50. The van der Waals surface area contributed by atoms with Crippen LogP contribution >= 0.6 is 0 Å². The number of carbonyl (C=O) groups excluding carboxylic acids is 1. The lowest BCUT2D eigenvalue weighted by Gasteiger charge is -2.23. The van der Waals surface area contributed by atoms with Gasteiger partial charge in [-0.3, -0.25) is 9.79 Å². The second kappa shape index (κ2) is 10.1. The number of hydrogen-bond donors (Lipinski definition) is 2. The number of hydrogen-bond acceptors (Lipinski definition) is 4. The van der Waals surface area contributed by atoms with E-state index in [2.05, 4.69) is 15.6 Å². The number of nitrogens with zero attached hydrogens (tertiary/aromatic N) is 2. The summed E-state index contributed by atoms with van der Waals surface area (Å²) in [6, 6.07) is 5.12. The first kappa shape index (κ1) is 23.2. The Morgan fingerprint density at radius 3 is 2.59 bits per heavy atom. The minimum atomic E-state index is -3.41. The van der Waals surface area contributed by atoms with Crippen molar-refractivity contribution in [3.05, 3.63) is 29.3 Å². The molecule has 7 nitrogen and oxygen atoms in total. The van der Waals surface area contributed by atoms with Gasteiger partial charge in [0.1, 0.15) is 0 Å². The van der Waals surface area contributed by atoms with Gasteiger partial charge >= 0.3 is 0 Å². The molecule has 0 saturated carbocycles. The van der Waals surface area contributed by atoms with Gasteiger partial charge in [-0.1, -0.05) is 19.9 Å². The number of nitrogens with one attached hydrogen (secondary N) is 2. The van der Waals surface area contributed by atoms with Gasteiger partial charge in [0.25, 0.3) is 0 Å². The van der Waals surface area contributed by atoms with Gasteiger partial charge in [-0.2, -0.15) is 0 Å². The van der Waals surface area contributed by atoms with E-state index in [9.17, 15) is 13.2 Å². The molecule has 1 aliphatic heterocycles. The predicted molar refractivity (Wildman–Crippen MR) is 117 cm³/mol. The summed E-state index contributed by atoms with van der Waals surface area (Å²) in [4.78, 5) is 18.3. The zero-order valence-corrected chi connectivity index (χ0v) is 19.0. The second-order valence-electron chi connectivity index (χ2n) is 7.67. The molecular weight excluding hydrogens is 388 g/mol. The van der Waals surface area contributed by atoms with E-state index in [0.29, 0.717) is 30.2 Å². The van der Waals surface area contributed by atoms with E-state index in [0.717, 1.165) is 24.1 Å². The fourth-order valence-electron chi connectivity index (χ4n) is 3.42. The number of rotatable bonds is 7. The van der Waals surface area contributed by atoms with E-state index in [1.165, 1.54) is 0 Å². The molecule has 1 aliphatic rings. The lowest BCUT2D eigenvalue weighted by atomic mass is 10.1. The van der Waals surface area contributed by atoms with Crippen LogP contribution in [0, 0.1) is 13.8 Å². The summed E-state index contributed by atoms with van der Waals surface area (Å²) in [6.07, 6.45) is 2.01. The van der Waals surface area contributed by atoms with E-state index in [1.807, 2.05) is 38.7 Å². The maximum atomic E-state index is 12.9. The minimum Gasteiger partial charge on any atom is -0.353 e. The van der Waals surface area contributed by atoms with Crippen molar-refractivity contribution in [1.29, 1.82) is 0 Å². The average Bonchev–Trinajstić information content (AvgIpc) is 3.16. The van der Waals surface area contributed by atoms with Crippen molar-refractivity contribution in [1.82, 2.24) is 15.5 Å². The Kier molecular flexibility index (Phi) is 8.07. The highest BCUT2D eigenvalue weighted by molar-refractivity contribution is 7.91. The number of amides is 1. The summed E-state index contributed by atoms with van der Waals surface area (Å²) in [6.45, 7) is 9.09. The summed E-state index contributed by atoms with van der Waals surface area (Å²) in [5, 5.41) is 6.58. The molecule has 1 aromatic carbocycles. The van der Waals surface area contributed by atoms with Crippen LogP contribution in [0.2, 0.25) is 0 Å². The van der Waals surface area contributed by atoms with E-state index in [1.54, 1.807) is 19.2 Å². The SMILES string of the molecule is CCC(=O)N1CCC(NC(=NC)NC(CC)CS(=O)(=O)c2ccc(C)c(C)c2)C1. The van der Waals surface area contributed by atoms with Crippen LogP contribution in [0.4, 0.5) is 0 Å². The largest absolute Gasteiger partial charge is 0.353 e. The first-order chi connectivity index (χ1) is 13.7. The average molecular weight is 423 g/mol. The highest BCUT2D eigenvalue weighted by Gasteiger charge is 2.27. The van der Waals surface area contributed by atoms with Crippen molar-refractivity contribution in [3.8, 4) is 0 Å². The summed E-state index contributed by atoms with van der Waals surface area (Å²) in [5.74, 6) is 0.726. The molecular formula is C21H34N4O3S. The Balaban J connectivity index is 2.00. The number of benzene rings is 1. The quantitative estimate of drug-likeness (QED) is 0.518. The van der Waals surface area contributed by atoms with Crippen molar-refractivity contribution in [2.45, 2.75) is 63.9 Å². The number of likely N-dealkylation sites (tertiary alicyclic amines) is 1. The van der Waals surface area contributed by atoms with Gasteiger partial charge < -0.3 is 15.5 Å².